The molecule has 4 saturated heterocycles. The second-order valence-electron chi connectivity index (χ2n) is 15.9. The highest BCUT2D eigenvalue weighted by Gasteiger charge is 2.52. The Morgan fingerprint density at radius 3 is 2.26 bits per heavy atom. The Bertz CT molecular complexity index is 1110. The number of cyclic esters (lactones) is 1. The Kier molecular flexibility index (Phi) is 12.2. The van der Waals surface area contributed by atoms with Crippen molar-refractivity contribution in [3.63, 3.8) is 0 Å². The van der Waals surface area contributed by atoms with Crippen molar-refractivity contribution in [2.45, 2.75) is 115 Å². The minimum absolute atomic E-state index is 0.0939. The molecule has 4 heterocycles. The minimum atomic E-state index is -1.46. The average Bonchev–Trinajstić information content (AvgIpc) is 3.00. The number of likely N-dealkylation sites (N-methyl/N-ethyl adjacent to an activating group) is 2. The van der Waals surface area contributed by atoms with Crippen LogP contribution >= 0.6 is 0 Å². The number of likely N-dealkylation sites (tertiary alicyclic amines) is 2. The lowest BCUT2D eigenvalue weighted by atomic mass is 9.74. The predicted octanol–water partition coefficient (Wildman–Crippen LogP) is 2.02. The number of ether oxygens (including phenoxy) is 4. The van der Waals surface area contributed by atoms with Crippen molar-refractivity contribution in [1.29, 1.82) is 0 Å². The van der Waals surface area contributed by atoms with E-state index in [1.54, 1.807) is 27.9 Å². The number of aliphatic hydroxyl groups is 1. The fourth-order valence-corrected chi connectivity index (χ4v) is 8.15. The summed E-state index contributed by atoms with van der Waals surface area (Å²) in [6, 6.07) is -0.189. The molecule has 270 valence electrons. The molecular formula is C35H62N4O8. The maximum absolute atomic E-state index is 14.3. The van der Waals surface area contributed by atoms with Crippen molar-refractivity contribution in [3.05, 3.63) is 0 Å². The number of carbonyl (C=O) groups excluding carboxylic acids is 3. The van der Waals surface area contributed by atoms with Gasteiger partial charge in [-0.1, -0.05) is 13.8 Å². The number of amides is 1. The van der Waals surface area contributed by atoms with Crippen LogP contribution in [0.5, 0.6) is 0 Å². The topological polar surface area (TPSA) is 121 Å². The van der Waals surface area contributed by atoms with E-state index < -0.39 is 46.9 Å². The minimum Gasteiger partial charge on any atom is -0.463 e. The monoisotopic (exact) mass is 666 g/mol. The first-order valence-electron chi connectivity index (χ1n) is 17.6. The number of Topliss-reactive ketones (excluding diaryl/α,β-unsaturated/α-hetero) is 1. The van der Waals surface area contributed by atoms with Gasteiger partial charge in [0.1, 0.15) is 18.1 Å². The summed E-state index contributed by atoms with van der Waals surface area (Å²) in [5.74, 6) is -1.44. The second kappa shape index (κ2) is 15.1. The first-order valence-corrected chi connectivity index (χ1v) is 17.6. The average molecular weight is 667 g/mol. The van der Waals surface area contributed by atoms with Crippen molar-refractivity contribution >= 4 is 17.7 Å². The summed E-state index contributed by atoms with van der Waals surface area (Å²) in [6.45, 7) is 15.5. The molecule has 4 fully saturated rings. The van der Waals surface area contributed by atoms with E-state index in [4.69, 9.17) is 18.9 Å². The van der Waals surface area contributed by atoms with Gasteiger partial charge in [-0.05, 0) is 99.9 Å². The van der Waals surface area contributed by atoms with Crippen molar-refractivity contribution in [2.24, 2.45) is 17.3 Å². The molecular weight excluding hydrogens is 604 g/mol. The summed E-state index contributed by atoms with van der Waals surface area (Å²) < 4.78 is 25.1. The van der Waals surface area contributed by atoms with Crippen LogP contribution in [0.3, 0.4) is 0 Å². The summed E-state index contributed by atoms with van der Waals surface area (Å²) in [5.41, 5.74) is -2.90. The van der Waals surface area contributed by atoms with Crippen molar-refractivity contribution in [2.75, 3.05) is 74.1 Å². The molecule has 12 heteroatoms. The van der Waals surface area contributed by atoms with E-state index >= 15 is 0 Å². The van der Waals surface area contributed by atoms with Crippen LogP contribution in [0.25, 0.3) is 0 Å². The highest BCUT2D eigenvalue weighted by Crippen LogP contribution is 2.39. The molecule has 1 spiro atoms. The molecule has 1 N–H and O–H groups in total. The highest BCUT2D eigenvalue weighted by molar-refractivity contribution is 6.04. The largest absolute Gasteiger partial charge is 0.463 e. The number of nitrogens with zero attached hydrogens (tertiary/aromatic N) is 4. The molecule has 4 aliphatic rings. The van der Waals surface area contributed by atoms with Crippen LogP contribution < -0.4 is 0 Å². The zero-order valence-electron chi connectivity index (χ0n) is 30.6. The third kappa shape index (κ3) is 8.22. The van der Waals surface area contributed by atoms with Crippen LogP contribution in [0.2, 0.25) is 0 Å². The van der Waals surface area contributed by atoms with Crippen molar-refractivity contribution in [1.82, 2.24) is 19.6 Å². The van der Waals surface area contributed by atoms with Gasteiger partial charge < -0.3 is 33.9 Å². The van der Waals surface area contributed by atoms with Crippen LogP contribution in [0, 0.1) is 17.3 Å². The van der Waals surface area contributed by atoms with Gasteiger partial charge in [0.15, 0.2) is 12.1 Å². The zero-order chi connectivity index (χ0) is 34.9. The molecule has 0 bridgehead atoms. The van der Waals surface area contributed by atoms with E-state index in [0.717, 1.165) is 19.5 Å². The van der Waals surface area contributed by atoms with E-state index in [-0.39, 0.29) is 36.4 Å². The molecule has 0 aromatic rings. The molecule has 0 unspecified atom stereocenters. The van der Waals surface area contributed by atoms with Gasteiger partial charge in [0.2, 0.25) is 5.91 Å². The quantitative estimate of drug-likeness (QED) is 0.331. The normalized spacial score (nSPS) is 37.9. The lowest BCUT2D eigenvalue weighted by molar-refractivity contribution is -0.295. The van der Waals surface area contributed by atoms with Crippen molar-refractivity contribution in [3.8, 4) is 0 Å². The Balaban J connectivity index is 1.61. The Hall–Kier alpha value is -1.67. The van der Waals surface area contributed by atoms with Gasteiger partial charge in [-0.15, -0.1) is 0 Å². The smallest absolute Gasteiger partial charge is 0.319 e. The van der Waals surface area contributed by atoms with Crippen LogP contribution in [0.15, 0.2) is 0 Å². The van der Waals surface area contributed by atoms with Gasteiger partial charge in [-0.2, -0.15) is 0 Å². The number of hydrogen-bond acceptors (Lipinski definition) is 11. The number of carbonyl (C=O) groups is 3. The molecule has 0 radical (unpaired) electrons. The van der Waals surface area contributed by atoms with E-state index in [1.165, 1.54) is 0 Å². The number of esters is 1. The van der Waals surface area contributed by atoms with Crippen LogP contribution in [0.1, 0.15) is 73.6 Å². The molecule has 4 rings (SSSR count). The van der Waals surface area contributed by atoms with Gasteiger partial charge in [0, 0.05) is 38.7 Å². The van der Waals surface area contributed by atoms with Gasteiger partial charge in [-0.25, -0.2) is 0 Å². The lowest BCUT2D eigenvalue weighted by Gasteiger charge is -2.49. The van der Waals surface area contributed by atoms with Crippen LogP contribution in [-0.4, -0.2) is 158 Å². The Morgan fingerprint density at radius 1 is 1.06 bits per heavy atom. The first-order chi connectivity index (χ1) is 21.9. The molecule has 0 aromatic carbocycles. The molecule has 0 aliphatic carbocycles. The van der Waals surface area contributed by atoms with Gasteiger partial charge in [-0.3, -0.25) is 24.2 Å². The summed E-state index contributed by atoms with van der Waals surface area (Å²) in [7, 11) is 7.52. The predicted molar refractivity (Wildman–Crippen MR) is 178 cm³/mol. The molecule has 4 aliphatic heterocycles. The summed E-state index contributed by atoms with van der Waals surface area (Å²) in [6.07, 6.45) is 0.733. The molecule has 12 nitrogen and oxygen atoms in total. The van der Waals surface area contributed by atoms with Crippen molar-refractivity contribution < 1.29 is 38.4 Å². The number of hydrogen-bond donors (Lipinski definition) is 1. The molecule has 1 amide bonds. The van der Waals surface area contributed by atoms with Crippen LogP contribution in [0.4, 0.5) is 0 Å². The zero-order valence-corrected chi connectivity index (χ0v) is 30.6. The molecule has 0 saturated carbocycles. The van der Waals surface area contributed by atoms with E-state index in [0.29, 0.717) is 51.9 Å². The Morgan fingerprint density at radius 2 is 1.70 bits per heavy atom. The number of piperidine rings is 1. The van der Waals surface area contributed by atoms with Crippen LogP contribution in [-0.2, 0) is 33.3 Å². The number of ketones is 1. The van der Waals surface area contributed by atoms with Gasteiger partial charge >= 0.3 is 5.97 Å². The SMILES string of the molecule is CO[C@]1(C)C[C@@H](C)CN(C)C2(CCN(C(=O)CN3CCC3)CC2)COC(=O)C(C)(C)C(=O)[C@H](C)[C@H]1O[C@@H]1O[C@H](C)C[C@H](N(C)C)[C@H]1O. The summed E-state index contributed by atoms with van der Waals surface area (Å²) in [4.78, 5) is 49.5. The lowest BCUT2D eigenvalue weighted by Crippen LogP contribution is -2.60. The van der Waals surface area contributed by atoms with E-state index in [2.05, 4.69) is 23.8 Å². The number of rotatable bonds is 6. The number of aliphatic hydroxyl groups excluding tert-OH is 1. The maximum atomic E-state index is 14.3. The fourth-order valence-electron chi connectivity index (χ4n) is 8.15. The summed E-state index contributed by atoms with van der Waals surface area (Å²) >= 11 is 0. The Labute approximate surface area is 282 Å². The first kappa shape index (κ1) is 38.1. The van der Waals surface area contributed by atoms with E-state index in [9.17, 15) is 19.5 Å². The third-order valence-electron chi connectivity index (χ3n) is 11.6. The number of methoxy groups -OCH3 is 1. The molecule has 47 heavy (non-hydrogen) atoms. The van der Waals surface area contributed by atoms with Gasteiger partial charge in [0.05, 0.1) is 29.9 Å². The summed E-state index contributed by atoms with van der Waals surface area (Å²) in [5, 5.41) is 11.3. The highest BCUT2D eigenvalue weighted by atomic mass is 16.7. The standard InChI is InChI=1S/C35H62N4O8/c1-23-19-34(6,44-10)30(47-31-28(41)26(36(7)8)18-24(2)46-31)25(3)29(42)33(4,5)32(43)45-22-35(37(9)20-23)12-16-39(17-13-35)27(40)21-38-14-11-15-38/h23-26,28,30-31,41H,11-22H2,1-10H3/t23-,24-,25+,26+,28-,30-,31+,34-/m1/s1. The third-order valence-corrected chi connectivity index (χ3v) is 11.6. The molecule has 0 aromatic heterocycles. The maximum Gasteiger partial charge on any atom is 0.319 e. The second-order valence-corrected chi connectivity index (χ2v) is 15.9. The van der Waals surface area contributed by atoms with Gasteiger partial charge in [0.25, 0.3) is 0 Å². The van der Waals surface area contributed by atoms with E-state index in [1.807, 2.05) is 37.7 Å². The molecule has 8 atom stereocenters. The fraction of sp³-hybridized carbons (Fsp3) is 0.914.